The van der Waals surface area contributed by atoms with Crippen LogP contribution in [0.3, 0.4) is 0 Å². The Hall–Kier alpha value is -0.320. The average Bonchev–Trinajstić information content (AvgIpc) is 2.20. The zero-order valence-corrected chi connectivity index (χ0v) is 11.8. The molecule has 16 heavy (non-hydrogen) atoms. The number of nitrogens with one attached hydrogen (secondary N) is 1. The molecule has 0 spiro atoms. The van der Waals surface area contributed by atoms with E-state index in [0.29, 0.717) is 23.3 Å². The highest BCUT2D eigenvalue weighted by molar-refractivity contribution is 9.10. The molecule has 3 N–H and O–H groups in total. The largest absolute Gasteiger partial charge is 0.365 e. The third-order valence-corrected chi connectivity index (χ3v) is 2.91. The van der Waals surface area contributed by atoms with Gasteiger partial charge in [-0.25, -0.2) is 4.98 Å². The molecule has 1 heterocycles. The first-order valence-corrected chi connectivity index (χ1v) is 6.47. The summed E-state index contributed by atoms with van der Waals surface area (Å²) >= 11 is 9.39. The Morgan fingerprint density at radius 1 is 1.56 bits per heavy atom. The Kier molecular flexibility index (Phi) is 5.52. The number of halogens is 2. The smallest absolute Gasteiger partial charge is 0.145 e. The van der Waals surface area contributed by atoms with Crippen LogP contribution in [0.2, 0.25) is 5.02 Å². The number of hydrogen-bond donors (Lipinski definition) is 2. The Morgan fingerprint density at radius 2 is 2.25 bits per heavy atom. The molecule has 1 aromatic rings. The van der Waals surface area contributed by atoms with Gasteiger partial charge in [-0.1, -0.05) is 25.4 Å². The highest BCUT2D eigenvalue weighted by atomic mass is 79.9. The summed E-state index contributed by atoms with van der Waals surface area (Å²) in [4.78, 5) is 4.23. The van der Waals surface area contributed by atoms with Crippen LogP contribution in [0.1, 0.15) is 20.3 Å². The zero-order valence-electron chi connectivity index (χ0n) is 9.50. The summed E-state index contributed by atoms with van der Waals surface area (Å²) in [6, 6.07) is 2.03. The highest BCUT2D eigenvalue weighted by Crippen LogP contribution is 2.24. The van der Waals surface area contributed by atoms with Gasteiger partial charge in [0.2, 0.25) is 0 Å². The molecular weight excluding hydrogens is 289 g/mol. The van der Waals surface area contributed by atoms with Crippen LogP contribution in [-0.2, 0) is 0 Å². The van der Waals surface area contributed by atoms with E-state index in [1.165, 1.54) is 0 Å². The Labute approximate surface area is 110 Å². The van der Waals surface area contributed by atoms with E-state index in [4.69, 9.17) is 17.3 Å². The van der Waals surface area contributed by atoms with Gasteiger partial charge in [0.25, 0.3) is 0 Å². The van der Waals surface area contributed by atoms with Gasteiger partial charge in [0.1, 0.15) is 5.82 Å². The molecule has 0 aromatic carbocycles. The van der Waals surface area contributed by atoms with Gasteiger partial charge >= 0.3 is 0 Å². The second-order valence-electron chi connectivity index (χ2n) is 4.19. The van der Waals surface area contributed by atoms with Crippen molar-refractivity contribution in [3.63, 3.8) is 0 Å². The molecule has 0 aliphatic heterocycles. The SMILES string of the molecule is CC(C)CC(CN)Nc1ncc(Br)cc1Cl. The van der Waals surface area contributed by atoms with Crippen molar-refractivity contribution in [2.75, 3.05) is 11.9 Å². The van der Waals surface area contributed by atoms with Crippen LogP contribution in [0.4, 0.5) is 5.82 Å². The van der Waals surface area contributed by atoms with Crippen LogP contribution in [-0.4, -0.2) is 17.6 Å². The van der Waals surface area contributed by atoms with Crippen LogP contribution in [0.25, 0.3) is 0 Å². The molecule has 0 saturated carbocycles. The van der Waals surface area contributed by atoms with Gasteiger partial charge in [-0.05, 0) is 34.3 Å². The highest BCUT2D eigenvalue weighted by Gasteiger charge is 2.11. The molecule has 90 valence electrons. The van der Waals surface area contributed by atoms with Crippen molar-refractivity contribution < 1.29 is 0 Å². The van der Waals surface area contributed by atoms with E-state index >= 15 is 0 Å². The Morgan fingerprint density at radius 3 is 2.75 bits per heavy atom. The van der Waals surface area contributed by atoms with Crippen molar-refractivity contribution in [2.45, 2.75) is 26.3 Å². The summed E-state index contributed by atoms with van der Waals surface area (Å²) in [5.41, 5.74) is 5.71. The summed E-state index contributed by atoms with van der Waals surface area (Å²) < 4.78 is 0.871. The lowest BCUT2D eigenvalue weighted by Gasteiger charge is -2.20. The standard InChI is InChI=1S/C11H17BrClN3/c1-7(2)3-9(5-14)16-11-10(13)4-8(12)6-15-11/h4,6-7,9H,3,5,14H2,1-2H3,(H,15,16). The lowest BCUT2D eigenvalue weighted by molar-refractivity contribution is 0.521. The lowest BCUT2D eigenvalue weighted by atomic mass is 10.0. The molecule has 0 radical (unpaired) electrons. The fourth-order valence-corrected chi connectivity index (χ4v) is 2.18. The number of hydrogen-bond acceptors (Lipinski definition) is 3. The normalized spacial score (nSPS) is 12.9. The topological polar surface area (TPSA) is 50.9 Å². The number of rotatable bonds is 5. The average molecular weight is 307 g/mol. The monoisotopic (exact) mass is 305 g/mol. The molecule has 1 unspecified atom stereocenters. The van der Waals surface area contributed by atoms with Crippen molar-refractivity contribution in [2.24, 2.45) is 11.7 Å². The number of nitrogens with two attached hydrogens (primary N) is 1. The molecule has 1 aromatic heterocycles. The van der Waals surface area contributed by atoms with Gasteiger partial charge in [0.15, 0.2) is 0 Å². The third kappa shape index (κ3) is 4.28. The molecule has 1 rings (SSSR count). The van der Waals surface area contributed by atoms with Crippen molar-refractivity contribution in [1.82, 2.24) is 4.98 Å². The van der Waals surface area contributed by atoms with Crippen LogP contribution in [0, 0.1) is 5.92 Å². The molecule has 1 atom stereocenters. The fraction of sp³-hybridized carbons (Fsp3) is 0.545. The van der Waals surface area contributed by atoms with E-state index in [1.54, 1.807) is 6.20 Å². The first-order valence-electron chi connectivity index (χ1n) is 5.30. The van der Waals surface area contributed by atoms with Gasteiger partial charge < -0.3 is 11.1 Å². The second-order valence-corrected chi connectivity index (χ2v) is 5.51. The predicted octanol–water partition coefficient (Wildman–Crippen LogP) is 3.28. The minimum atomic E-state index is 0.214. The maximum absolute atomic E-state index is 6.07. The molecule has 0 aliphatic rings. The molecule has 0 saturated heterocycles. The van der Waals surface area contributed by atoms with E-state index in [-0.39, 0.29) is 6.04 Å². The summed E-state index contributed by atoms with van der Waals surface area (Å²) in [6.45, 7) is 4.91. The van der Waals surface area contributed by atoms with Gasteiger partial charge in [-0.15, -0.1) is 0 Å². The quantitative estimate of drug-likeness (QED) is 0.877. The van der Waals surface area contributed by atoms with Crippen molar-refractivity contribution >= 4 is 33.3 Å². The molecule has 0 aliphatic carbocycles. The van der Waals surface area contributed by atoms with E-state index in [0.717, 1.165) is 10.9 Å². The van der Waals surface area contributed by atoms with Gasteiger partial charge in [-0.2, -0.15) is 0 Å². The van der Waals surface area contributed by atoms with Crippen LogP contribution < -0.4 is 11.1 Å². The van der Waals surface area contributed by atoms with Crippen molar-refractivity contribution in [3.8, 4) is 0 Å². The van der Waals surface area contributed by atoms with E-state index < -0.39 is 0 Å². The van der Waals surface area contributed by atoms with Crippen LogP contribution >= 0.6 is 27.5 Å². The summed E-state index contributed by atoms with van der Waals surface area (Å²) in [7, 11) is 0. The van der Waals surface area contributed by atoms with E-state index in [9.17, 15) is 0 Å². The van der Waals surface area contributed by atoms with Crippen molar-refractivity contribution in [3.05, 3.63) is 21.8 Å². The van der Waals surface area contributed by atoms with E-state index in [1.807, 2.05) is 6.07 Å². The lowest BCUT2D eigenvalue weighted by Crippen LogP contribution is -2.30. The first-order chi connectivity index (χ1) is 7.52. The first kappa shape index (κ1) is 13.7. The second kappa shape index (κ2) is 6.42. The van der Waals surface area contributed by atoms with Gasteiger partial charge in [-0.3, -0.25) is 0 Å². The molecule has 0 fully saturated rings. The van der Waals surface area contributed by atoms with Crippen LogP contribution in [0.5, 0.6) is 0 Å². The van der Waals surface area contributed by atoms with Crippen molar-refractivity contribution in [1.29, 1.82) is 0 Å². The number of nitrogens with zero attached hydrogens (tertiary/aromatic N) is 1. The van der Waals surface area contributed by atoms with Gasteiger partial charge in [0, 0.05) is 23.3 Å². The number of pyridine rings is 1. The minimum Gasteiger partial charge on any atom is -0.365 e. The minimum absolute atomic E-state index is 0.214. The number of aromatic nitrogens is 1. The predicted molar refractivity (Wildman–Crippen MR) is 72.9 cm³/mol. The Bertz CT molecular complexity index is 344. The van der Waals surface area contributed by atoms with Crippen LogP contribution in [0.15, 0.2) is 16.7 Å². The maximum atomic E-state index is 6.07. The molecule has 3 nitrogen and oxygen atoms in total. The summed E-state index contributed by atoms with van der Waals surface area (Å²) in [6.07, 6.45) is 2.72. The summed E-state index contributed by atoms with van der Waals surface area (Å²) in [5.74, 6) is 1.29. The van der Waals surface area contributed by atoms with E-state index in [2.05, 4.69) is 40.1 Å². The fourth-order valence-electron chi connectivity index (χ4n) is 1.50. The number of anilines is 1. The maximum Gasteiger partial charge on any atom is 0.145 e. The third-order valence-electron chi connectivity index (χ3n) is 2.19. The molecular formula is C11H17BrClN3. The molecule has 0 bridgehead atoms. The van der Waals surface area contributed by atoms with Gasteiger partial charge in [0.05, 0.1) is 5.02 Å². The zero-order chi connectivity index (χ0) is 12.1. The molecule has 5 heteroatoms. The molecule has 0 amide bonds. The summed E-state index contributed by atoms with van der Waals surface area (Å²) in [5, 5.41) is 3.87. The Balaban J connectivity index is 2.70.